The number of rotatable bonds is 8. The third kappa shape index (κ3) is 4.63. The van der Waals surface area contributed by atoms with Crippen LogP contribution < -0.4 is 4.74 Å². The maximum atomic E-state index is 13.7. The molecule has 3 heteroatoms. The highest BCUT2D eigenvalue weighted by molar-refractivity contribution is 5.31. The molecule has 1 aromatic carbocycles. The van der Waals surface area contributed by atoms with Crippen LogP contribution in [0.1, 0.15) is 51.5 Å². The van der Waals surface area contributed by atoms with Gasteiger partial charge >= 0.3 is 0 Å². The summed E-state index contributed by atoms with van der Waals surface area (Å²) in [7, 11) is 0. The van der Waals surface area contributed by atoms with E-state index in [0.717, 1.165) is 32.1 Å². The standard InChI is InChI=1S/C15H22F2O/c1-3-5-7-8-12-10-14(17)15(11-13(12)16)18-9-6-4-2/h10-11H,3-9H2,1-2H3. The van der Waals surface area contributed by atoms with Crippen LogP contribution in [-0.4, -0.2) is 6.61 Å². The Labute approximate surface area is 108 Å². The average molecular weight is 256 g/mol. The normalized spacial score (nSPS) is 10.7. The molecule has 102 valence electrons. The fourth-order valence-electron chi connectivity index (χ4n) is 1.76. The predicted molar refractivity (Wildman–Crippen MR) is 70.0 cm³/mol. The van der Waals surface area contributed by atoms with Gasteiger partial charge in [0.2, 0.25) is 0 Å². The van der Waals surface area contributed by atoms with E-state index in [1.165, 1.54) is 12.1 Å². The second-order valence-electron chi connectivity index (χ2n) is 4.53. The molecule has 0 bridgehead atoms. The molecular weight excluding hydrogens is 234 g/mol. The van der Waals surface area contributed by atoms with Crippen molar-refractivity contribution in [3.8, 4) is 5.75 Å². The van der Waals surface area contributed by atoms with Crippen LogP contribution in [0, 0.1) is 11.6 Å². The highest BCUT2D eigenvalue weighted by Crippen LogP contribution is 2.23. The van der Waals surface area contributed by atoms with Gasteiger partial charge in [0, 0.05) is 6.07 Å². The minimum absolute atomic E-state index is 0.0280. The maximum Gasteiger partial charge on any atom is 0.165 e. The SMILES string of the molecule is CCCCCc1cc(F)c(OCCCC)cc1F. The predicted octanol–water partition coefficient (Wildman–Crippen LogP) is 4.88. The zero-order valence-corrected chi connectivity index (χ0v) is 11.3. The highest BCUT2D eigenvalue weighted by Gasteiger charge is 2.10. The third-order valence-corrected chi connectivity index (χ3v) is 2.91. The minimum Gasteiger partial charge on any atom is -0.490 e. The summed E-state index contributed by atoms with van der Waals surface area (Å²) < 4.78 is 32.6. The number of benzene rings is 1. The second-order valence-corrected chi connectivity index (χ2v) is 4.53. The van der Waals surface area contributed by atoms with E-state index in [1.54, 1.807) is 0 Å². The summed E-state index contributed by atoms with van der Waals surface area (Å²) in [5.74, 6) is -0.793. The lowest BCUT2D eigenvalue weighted by molar-refractivity contribution is 0.292. The summed E-state index contributed by atoms with van der Waals surface area (Å²) in [5, 5.41) is 0. The van der Waals surface area contributed by atoms with E-state index in [2.05, 4.69) is 6.92 Å². The van der Waals surface area contributed by atoms with Gasteiger partial charge in [0.15, 0.2) is 11.6 Å². The molecule has 0 aliphatic heterocycles. The average Bonchev–Trinajstić information content (AvgIpc) is 2.35. The molecule has 0 heterocycles. The highest BCUT2D eigenvalue weighted by atomic mass is 19.1. The Morgan fingerprint density at radius 1 is 0.944 bits per heavy atom. The van der Waals surface area contributed by atoms with Crippen molar-refractivity contribution in [3.05, 3.63) is 29.3 Å². The van der Waals surface area contributed by atoms with Crippen molar-refractivity contribution >= 4 is 0 Å². The van der Waals surface area contributed by atoms with Gasteiger partial charge in [-0.25, -0.2) is 8.78 Å². The van der Waals surface area contributed by atoms with E-state index in [0.29, 0.717) is 18.6 Å². The largest absolute Gasteiger partial charge is 0.490 e. The molecule has 0 fully saturated rings. The fourth-order valence-corrected chi connectivity index (χ4v) is 1.76. The lowest BCUT2D eigenvalue weighted by Crippen LogP contribution is -2.01. The van der Waals surface area contributed by atoms with Crippen LogP contribution in [0.2, 0.25) is 0 Å². The van der Waals surface area contributed by atoms with Crippen LogP contribution in [0.5, 0.6) is 5.75 Å². The summed E-state index contributed by atoms with van der Waals surface area (Å²) in [4.78, 5) is 0. The summed E-state index contributed by atoms with van der Waals surface area (Å²) in [6.07, 6.45) is 5.41. The molecule has 0 unspecified atom stereocenters. The number of hydrogen-bond acceptors (Lipinski definition) is 1. The lowest BCUT2D eigenvalue weighted by Gasteiger charge is -2.09. The van der Waals surface area contributed by atoms with Crippen LogP contribution in [0.15, 0.2) is 12.1 Å². The number of unbranched alkanes of at least 4 members (excludes halogenated alkanes) is 3. The van der Waals surface area contributed by atoms with Gasteiger partial charge in [-0.2, -0.15) is 0 Å². The molecule has 1 rings (SSSR count). The van der Waals surface area contributed by atoms with Crippen LogP contribution in [-0.2, 0) is 6.42 Å². The van der Waals surface area contributed by atoms with E-state index in [-0.39, 0.29) is 11.6 Å². The van der Waals surface area contributed by atoms with E-state index in [9.17, 15) is 8.78 Å². The van der Waals surface area contributed by atoms with E-state index >= 15 is 0 Å². The first-order chi connectivity index (χ1) is 8.69. The lowest BCUT2D eigenvalue weighted by atomic mass is 10.1. The molecule has 0 aromatic heterocycles. The van der Waals surface area contributed by atoms with Crippen LogP contribution in [0.3, 0.4) is 0 Å². The number of hydrogen-bond donors (Lipinski definition) is 0. The molecule has 0 aliphatic carbocycles. The second kappa shape index (κ2) is 8.06. The van der Waals surface area contributed by atoms with E-state index in [1.807, 2.05) is 6.92 Å². The van der Waals surface area contributed by atoms with Crippen molar-refractivity contribution in [1.29, 1.82) is 0 Å². The molecule has 0 saturated carbocycles. The Balaban J connectivity index is 2.64. The smallest absolute Gasteiger partial charge is 0.165 e. The zero-order chi connectivity index (χ0) is 13.4. The van der Waals surface area contributed by atoms with Gasteiger partial charge in [0.25, 0.3) is 0 Å². The number of ether oxygens (including phenoxy) is 1. The van der Waals surface area contributed by atoms with Gasteiger partial charge in [0.1, 0.15) is 5.82 Å². The molecule has 18 heavy (non-hydrogen) atoms. The summed E-state index contributed by atoms with van der Waals surface area (Å²) in [6.45, 7) is 4.54. The molecule has 0 aliphatic rings. The Morgan fingerprint density at radius 2 is 1.67 bits per heavy atom. The minimum atomic E-state index is -0.459. The summed E-state index contributed by atoms with van der Waals surface area (Å²) >= 11 is 0. The Bertz CT molecular complexity index is 328. The van der Waals surface area contributed by atoms with Crippen LogP contribution in [0.25, 0.3) is 0 Å². The molecule has 0 amide bonds. The Kier molecular flexibility index (Phi) is 6.69. The van der Waals surface area contributed by atoms with Gasteiger partial charge in [-0.1, -0.05) is 33.1 Å². The molecule has 0 spiro atoms. The Hall–Kier alpha value is -1.12. The Morgan fingerprint density at radius 3 is 2.33 bits per heavy atom. The number of halogens is 2. The van der Waals surface area contributed by atoms with Gasteiger partial charge in [0.05, 0.1) is 6.61 Å². The monoisotopic (exact) mass is 256 g/mol. The van der Waals surface area contributed by atoms with Gasteiger partial charge in [-0.15, -0.1) is 0 Å². The van der Waals surface area contributed by atoms with Crippen LogP contribution >= 0.6 is 0 Å². The third-order valence-electron chi connectivity index (χ3n) is 2.91. The maximum absolute atomic E-state index is 13.7. The fraction of sp³-hybridized carbons (Fsp3) is 0.600. The first-order valence-electron chi connectivity index (χ1n) is 6.79. The van der Waals surface area contributed by atoms with Crippen molar-refractivity contribution < 1.29 is 13.5 Å². The molecule has 0 N–H and O–H groups in total. The van der Waals surface area contributed by atoms with Gasteiger partial charge in [-0.05, 0) is 30.9 Å². The molecule has 1 aromatic rings. The molecular formula is C15H22F2O. The molecule has 0 radical (unpaired) electrons. The van der Waals surface area contributed by atoms with Crippen LogP contribution in [0.4, 0.5) is 8.78 Å². The summed E-state index contributed by atoms with van der Waals surface area (Å²) in [5.41, 5.74) is 0.448. The van der Waals surface area contributed by atoms with E-state index < -0.39 is 5.82 Å². The van der Waals surface area contributed by atoms with Gasteiger partial charge < -0.3 is 4.74 Å². The zero-order valence-electron chi connectivity index (χ0n) is 11.3. The van der Waals surface area contributed by atoms with Crippen molar-refractivity contribution in [1.82, 2.24) is 0 Å². The molecule has 0 atom stereocenters. The van der Waals surface area contributed by atoms with E-state index in [4.69, 9.17) is 4.74 Å². The summed E-state index contributed by atoms with van der Waals surface area (Å²) in [6, 6.07) is 2.44. The quantitative estimate of drug-likeness (QED) is 0.602. The van der Waals surface area contributed by atoms with Crippen molar-refractivity contribution in [2.75, 3.05) is 6.61 Å². The van der Waals surface area contributed by atoms with Crippen molar-refractivity contribution in [2.24, 2.45) is 0 Å². The van der Waals surface area contributed by atoms with Crippen molar-refractivity contribution in [3.63, 3.8) is 0 Å². The first kappa shape index (κ1) is 14.9. The van der Waals surface area contributed by atoms with Crippen molar-refractivity contribution in [2.45, 2.75) is 52.4 Å². The topological polar surface area (TPSA) is 9.23 Å². The number of aryl methyl sites for hydroxylation is 1. The first-order valence-corrected chi connectivity index (χ1v) is 6.79. The molecule has 0 saturated heterocycles. The molecule has 1 nitrogen and oxygen atoms in total. The van der Waals surface area contributed by atoms with Gasteiger partial charge in [-0.3, -0.25) is 0 Å².